The fourth-order valence-corrected chi connectivity index (χ4v) is 3.14. The number of ether oxygens (including phenoxy) is 1. The zero-order valence-electron chi connectivity index (χ0n) is 15.3. The van der Waals surface area contributed by atoms with Crippen LogP contribution in [0.15, 0.2) is 29.3 Å². The van der Waals surface area contributed by atoms with Crippen molar-refractivity contribution >= 4 is 5.96 Å². The first kappa shape index (κ1) is 18.6. The summed E-state index contributed by atoms with van der Waals surface area (Å²) in [5.74, 6) is 1.44. The lowest BCUT2D eigenvalue weighted by atomic mass is 10.2. The minimum absolute atomic E-state index is 0.0464. The van der Waals surface area contributed by atoms with E-state index in [2.05, 4.69) is 42.0 Å². The van der Waals surface area contributed by atoms with Gasteiger partial charge >= 0.3 is 0 Å². The van der Waals surface area contributed by atoms with Crippen molar-refractivity contribution < 1.29 is 4.74 Å². The molecule has 3 N–H and O–H groups in total. The molecule has 1 aromatic rings. The Morgan fingerprint density at radius 3 is 2.92 bits per heavy atom. The van der Waals surface area contributed by atoms with Crippen LogP contribution in [-0.4, -0.2) is 49.2 Å². The van der Waals surface area contributed by atoms with Crippen LogP contribution in [0, 0.1) is 6.92 Å². The Hall–Kier alpha value is -1.75. The van der Waals surface area contributed by atoms with E-state index in [1.54, 1.807) is 0 Å². The number of nitrogens with one attached hydrogen (secondary N) is 1. The predicted octanol–water partition coefficient (Wildman–Crippen LogP) is 2.54. The number of nitrogens with two attached hydrogens (primary N) is 1. The Morgan fingerprint density at radius 2 is 2.21 bits per heavy atom. The van der Waals surface area contributed by atoms with E-state index in [0.717, 1.165) is 30.8 Å². The molecule has 0 radical (unpaired) electrons. The lowest BCUT2D eigenvalue weighted by molar-refractivity contribution is 0.204. The van der Waals surface area contributed by atoms with E-state index in [1.165, 1.54) is 19.4 Å². The van der Waals surface area contributed by atoms with Gasteiger partial charge in [0.2, 0.25) is 0 Å². The van der Waals surface area contributed by atoms with Gasteiger partial charge in [-0.2, -0.15) is 0 Å². The average Bonchev–Trinajstić information content (AvgIpc) is 3.05. The molecule has 0 bridgehead atoms. The molecular weight excluding hydrogens is 300 g/mol. The number of para-hydroxylation sites is 1. The van der Waals surface area contributed by atoms with E-state index in [1.807, 2.05) is 18.2 Å². The summed E-state index contributed by atoms with van der Waals surface area (Å²) in [6.07, 6.45) is 3.46. The minimum atomic E-state index is 0.0464. The van der Waals surface area contributed by atoms with Crippen molar-refractivity contribution in [1.29, 1.82) is 0 Å². The highest BCUT2D eigenvalue weighted by molar-refractivity contribution is 5.77. The van der Waals surface area contributed by atoms with E-state index in [0.29, 0.717) is 18.5 Å². The van der Waals surface area contributed by atoms with Crippen molar-refractivity contribution in [2.45, 2.75) is 52.2 Å². The summed E-state index contributed by atoms with van der Waals surface area (Å²) in [4.78, 5) is 6.97. The average molecular weight is 332 g/mol. The van der Waals surface area contributed by atoms with Crippen LogP contribution in [0.5, 0.6) is 5.75 Å². The monoisotopic (exact) mass is 332 g/mol. The number of benzene rings is 1. The van der Waals surface area contributed by atoms with Crippen LogP contribution in [0.25, 0.3) is 0 Å². The fourth-order valence-electron chi connectivity index (χ4n) is 3.14. The number of hydrogen-bond donors (Lipinski definition) is 2. The van der Waals surface area contributed by atoms with Gasteiger partial charge in [0.1, 0.15) is 11.9 Å². The summed E-state index contributed by atoms with van der Waals surface area (Å²) in [5.41, 5.74) is 7.18. The molecule has 0 aliphatic carbocycles. The topological polar surface area (TPSA) is 62.9 Å². The summed E-state index contributed by atoms with van der Waals surface area (Å²) in [5, 5.41) is 3.27. The molecule has 1 aliphatic heterocycles. The maximum absolute atomic E-state index is 6.06. The van der Waals surface area contributed by atoms with Crippen LogP contribution in [0.4, 0.5) is 0 Å². The Balaban J connectivity index is 1.80. The lowest BCUT2D eigenvalue weighted by Crippen LogP contribution is -2.43. The number of hydrogen-bond acceptors (Lipinski definition) is 3. The Morgan fingerprint density at radius 1 is 1.42 bits per heavy atom. The first-order valence-corrected chi connectivity index (χ1v) is 9.14. The second-order valence-corrected chi connectivity index (χ2v) is 6.45. The highest BCUT2D eigenvalue weighted by Crippen LogP contribution is 2.19. The van der Waals surface area contributed by atoms with Crippen LogP contribution < -0.4 is 15.8 Å². The number of likely N-dealkylation sites (N-methyl/N-ethyl adjacent to an activating group) is 1. The molecule has 24 heavy (non-hydrogen) atoms. The van der Waals surface area contributed by atoms with Crippen molar-refractivity contribution in [1.82, 2.24) is 10.2 Å². The molecule has 0 aromatic heterocycles. The van der Waals surface area contributed by atoms with Gasteiger partial charge in [0, 0.05) is 12.6 Å². The van der Waals surface area contributed by atoms with E-state index in [4.69, 9.17) is 10.5 Å². The molecule has 2 atom stereocenters. The number of nitrogens with zero attached hydrogens (tertiary/aromatic N) is 2. The van der Waals surface area contributed by atoms with Gasteiger partial charge in [0.25, 0.3) is 0 Å². The summed E-state index contributed by atoms with van der Waals surface area (Å²) >= 11 is 0. The molecular formula is C19H32N4O. The Labute approximate surface area is 146 Å². The van der Waals surface area contributed by atoms with E-state index in [9.17, 15) is 0 Å². The molecule has 1 fully saturated rings. The number of aliphatic imine (C=N–C) groups is 1. The highest BCUT2D eigenvalue weighted by atomic mass is 16.5. The largest absolute Gasteiger partial charge is 0.488 e. The number of aryl methyl sites for hydroxylation is 1. The van der Waals surface area contributed by atoms with Gasteiger partial charge in [-0.05, 0) is 50.9 Å². The van der Waals surface area contributed by atoms with Crippen LogP contribution in [0.1, 0.15) is 38.7 Å². The number of rotatable bonds is 8. The zero-order chi connectivity index (χ0) is 17.4. The van der Waals surface area contributed by atoms with Crippen LogP contribution >= 0.6 is 0 Å². The Kier molecular flexibility index (Phi) is 7.37. The van der Waals surface area contributed by atoms with Crippen molar-refractivity contribution in [3.63, 3.8) is 0 Å². The van der Waals surface area contributed by atoms with E-state index in [-0.39, 0.29) is 6.10 Å². The Bertz CT molecular complexity index is 532. The normalized spacial score (nSPS) is 20.1. The van der Waals surface area contributed by atoms with Gasteiger partial charge in [-0.1, -0.05) is 32.0 Å². The highest BCUT2D eigenvalue weighted by Gasteiger charge is 2.22. The predicted molar refractivity (Wildman–Crippen MR) is 101 cm³/mol. The van der Waals surface area contributed by atoms with Gasteiger partial charge in [-0.15, -0.1) is 0 Å². The first-order chi connectivity index (χ1) is 11.6. The summed E-state index contributed by atoms with van der Waals surface area (Å²) < 4.78 is 6.06. The summed E-state index contributed by atoms with van der Waals surface area (Å²) in [6.45, 7) is 10.1. The first-order valence-electron chi connectivity index (χ1n) is 9.14. The third-order valence-electron chi connectivity index (χ3n) is 4.73. The molecule has 0 amide bonds. The van der Waals surface area contributed by atoms with Crippen molar-refractivity contribution in [3.05, 3.63) is 29.8 Å². The van der Waals surface area contributed by atoms with Crippen molar-refractivity contribution in [3.8, 4) is 5.75 Å². The molecule has 1 aliphatic rings. The molecule has 5 nitrogen and oxygen atoms in total. The minimum Gasteiger partial charge on any atom is -0.488 e. The summed E-state index contributed by atoms with van der Waals surface area (Å²) in [7, 11) is 0. The number of guanidine groups is 1. The molecule has 0 saturated carbocycles. The molecule has 1 aromatic carbocycles. The molecule has 1 heterocycles. The summed E-state index contributed by atoms with van der Waals surface area (Å²) in [6, 6.07) is 8.65. The third-order valence-corrected chi connectivity index (χ3v) is 4.73. The van der Waals surface area contributed by atoms with Crippen molar-refractivity contribution in [2.24, 2.45) is 10.7 Å². The van der Waals surface area contributed by atoms with Crippen LogP contribution in [0.2, 0.25) is 0 Å². The quantitative estimate of drug-likeness (QED) is 0.567. The van der Waals surface area contributed by atoms with E-state index < -0.39 is 0 Å². The molecule has 2 rings (SSSR count). The maximum Gasteiger partial charge on any atom is 0.188 e. The van der Waals surface area contributed by atoms with Gasteiger partial charge in [0.15, 0.2) is 5.96 Å². The number of likely N-dealkylation sites (tertiary alicyclic amines) is 1. The van der Waals surface area contributed by atoms with Crippen LogP contribution in [-0.2, 0) is 0 Å². The van der Waals surface area contributed by atoms with E-state index >= 15 is 0 Å². The fraction of sp³-hybridized carbons (Fsp3) is 0.632. The standard InChI is InChI=1S/C19H32N4O/c1-4-17(24-18-11-7-6-9-15(18)3)14-22-19(20)21-13-16-10-8-12-23(16)5-2/h6-7,9,11,16-17H,4-5,8,10,12-14H2,1-3H3,(H3,20,21,22). The molecule has 0 spiro atoms. The van der Waals surface area contributed by atoms with Gasteiger partial charge in [0.05, 0.1) is 6.54 Å². The SMILES string of the molecule is CCC(CN=C(N)NCC1CCCN1CC)Oc1ccccc1C. The van der Waals surface area contributed by atoms with Crippen LogP contribution in [0.3, 0.4) is 0 Å². The lowest BCUT2D eigenvalue weighted by Gasteiger charge is -2.23. The zero-order valence-corrected chi connectivity index (χ0v) is 15.3. The molecule has 134 valence electrons. The maximum atomic E-state index is 6.06. The molecule has 1 saturated heterocycles. The molecule has 2 unspecified atom stereocenters. The second kappa shape index (κ2) is 9.52. The second-order valence-electron chi connectivity index (χ2n) is 6.45. The van der Waals surface area contributed by atoms with Gasteiger partial charge in [-0.25, -0.2) is 4.99 Å². The van der Waals surface area contributed by atoms with Gasteiger partial charge in [-0.3, -0.25) is 4.90 Å². The van der Waals surface area contributed by atoms with Crippen molar-refractivity contribution in [2.75, 3.05) is 26.2 Å². The van der Waals surface area contributed by atoms with Gasteiger partial charge < -0.3 is 15.8 Å². The smallest absolute Gasteiger partial charge is 0.188 e. The molecule has 5 heteroatoms. The third kappa shape index (κ3) is 5.41.